The summed E-state index contributed by atoms with van der Waals surface area (Å²) >= 11 is 0. The van der Waals surface area contributed by atoms with Gasteiger partial charge in [-0.05, 0) is 26.0 Å². The second-order valence-electron chi connectivity index (χ2n) is 3.77. The summed E-state index contributed by atoms with van der Waals surface area (Å²) in [6.07, 6.45) is 0.702. The normalized spacial score (nSPS) is 12.2. The fourth-order valence-corrected chi connectivity index (χ4v) is 1.32. The van der Waals surface area contributed by atoms with Gasteiger partial charge in [0.15, 0.2) is 0 Å². The molecule has 0 aliphatic heterocycles. The average Bonchev–Trinajstić information content (AvgIpc) is 2.38. The maximum atomic E-state index is 11.3. The molecule has 0 fully saturated rings. The number of hydrogen-bond donors (Lipinski definition) is 1. The van der Waals surface area contributed by atoms with E-state index in [2.05, 4.69) is 5.16 Å². The smallest absolute Gasteiger partial charge is 0.349 e. The number of benzene rings is 1. The van der Waals surface area contributed by atoms with Crippen LogP contribution in [-0.2, 0) is 14.4 Å². The standard InChI is InChI=1S/C13H18N2O4/c1-4-18-13(16)9(2)19-15-8-10-5-11(14)7-12(6-10)17-3/h5-9H,4,14H2,1-3H3/b15-8+. The van der Waals surface area contributed by atoms with Crippen molar-refractivity contribution in [3.05, 3.63) is 23.8 Å². The molecule has 0 saturated heterocycles. The van der Waals surface area contributed by atoms with Crippen LogP contribution in [0.25, 0.3) is 0 Å². The van der Waals surface area contributed by atoms with E-state index in [1.165, 1.54) is 6.21 Å². The van der Waals surface area contributed by atoms with Crippen LogP contribution in [-0.4, -0.2) is 32.0 Å². The van der Waals surface area contributed by atoms with Gasteiger partial charge in [-0.1, -0.05) is 5.16 Å². The minimum Gasteiger partial charge on any atom is -0.497 e. The number of nitrogens with zero attached hydrogens (tertiary/aromatic N) is 1. The Hall–Kier alpha value is -2.24. The van der Waals surface area contributed by atoms with Gasteiger partial charge in [0, 0.05) is 17.3 Å². The van der Waals surface area contributed by atoms with Crippen molar-refractivity contribution in [1.82, 2.24) is 0 Å². The molecule has 0 aliphatic rings. The third kappa shape index (κ3) is 4.87. The highest BCUT2D eigenvalue weighted by Gasteiger charge is 2.14. The molecular formula is C13H18N2O4. The van der Waals surface area contributed by atoms with Gasteiger partial charge >= 0.3 is 5.97 Å². The highest BCUT2D eigenvalue weighted by atomic mass is 16.7. The molecule has 0 aromatic heterocycles. The highest BCUT2D eigenvalue weighted by Crippen LogP contribution is 2.17. The Morgan fingerprint density at radius 2 is 2.21 bits per heavy atom. The summed E-state index contributed by atoms with van der Waals surface area (Å²) in [5.41, 5.74) is 6.97. The number of nitrogen functional groups attached to an aromatic ring is 1. The Morgan fingerprint density at radius 3 is 2.84 bits per heavy atom. The highest BCUT2D eigenvalue weighted by molar-refractivity contribution is 5.82. The Balaban J connectivity index is 2.62. The second-order valence-corrected chi connectivity index (χ2v) is 3.77. The molecule has 1 unspecified atom stereocenters. The van der Waals surface area contributed by atoms with Crippen molar-refractivity contribution in [1.29, 1.82) is 0 Å². The molecule has 0 bridgehead atoms. The van der Waals surface area contributed by atoms with E-state index in [4.69, 9.17) is 20.0 Å². The first kappa shape index (κ1) is 14.8. The molecule has 1 atom stereocenters. The Bertz CT molecular complexity index is 460. The third-order valence-electron chi connectivity index (χ3n) is 2.23. The zero-order valence-electron chi connectivity index (χ0n) is 11.3. The van der Waals surface area contributed by atoms with E-state index in [0.717, 1.165) is 0 Å². The summed E-state index contributed by atoms with van der Waals surface area (Å²) < 4.78 is 9.86. The van der Waals surface area contributed by atoms with Crippen LogP contribution >= 0.6 is 0 Å². The van der Waals surface area contributed by atoms with Gasteiger partial charge in [-0.25, -0.2) is 4.79 Å². The van der Waals surface area contributed by atoms with Crippen molar-refractivity contribution < 1.29 is 19.1 Å². The van der Waals surface area contributed by atoms with Crippen LogP contribution in [0, 0.1) is 0 Å². The van der Waals surface area contributed by atoms with E-state index in [9.17, 15) is 4.79 Å². The first-order valence-electron chi connectivity index (χ1n) is 5.87. The molecule has 6 heteroatoms. The van der Waals surface area contributed by atoms with E-state index in [1.54, 1.807) is 39.2 Å². The third-order valence-corrected chi connectivity index (χ3v) is 2.23. The van der Waals surface area contributed by atoms with Gasteiger partial charge in [0.2, 0.25) is 6.10 Å². The molecule has 0 saturated carbocycles. The van der Waals surface area contributed by atoms with Crippen molar-refractivity contribution in [2.45, 2.75) is 20.0 Å². The summed E-state index contributed by atoms with van der Waals surface area (Å²) in [5, 5.41) is 3.72. The molecular weight excluding hydrogens is 248 g/mol. The zero-order valence-corrected chi connectivity index (χ0v) is 11.3. The Labute approximate surface area is 112 Å². The number of rotatable bonds is 6. The van der Waals surface area contributed by atoms with Crippen LogP contribution in [0.15, 0.2) is 23.4 Å². The fourth-order valence-electron chi connectivity index (χ4n) is 1.32. The summed E-state index contributed by atoms with van der Waals surface area (Å²) in [7, 11) is 1.55. The number of carbonyl (C=O) groups is 1. The maximum Gasteiger partial charge on any atom is 0.349 e. The lowest BCUT2D eigenvalue weighted by Crippen LogP contribution is -2.21. The molecule has 6 nitrogen and oxygen atoms in total. The summed E-state index contributed by atoms with van der Waals surface area (Å²) in [4.78, 5) is 16.3. The molecule has 0 amide bonds. The van der Waals surface area contributed by atoms with E-state index < -0.39 is 12.1 Å². The summed E-state index contributed by atoms with van der Waals surface area (Å²) in [6, 6.07) is 5.15. The van der Waals surface area contributed by atoms with Gasteiger partial charge in [-0.3, -0.25) is 0 Å². The van der Waals surface area contributed by atoms with Gasteiger partial charge in [0.25, 0.3) is 0 Å². The second kappa shape index (κ2) is 7.25. The minimum atomic E-state index is -0.751. The Morgan fingerprint density at radius 1 is 1.47 bits per heavy atom. The lowest BCUT2D eigenvalue weighted by molar-refractivity contribution is -0.155. The lowest BCUT2D eigenvalue weighted by Gasteiger charge is -2.08. The first-order valence-corrected chi connectivity index (χ1v) is 5.87. The largest absolute Gasteiger partial charge is 0.497 e. The monoisotopic (exact) mass is 266 g/mol. The molecule has 0 spiro atoms. The van der Waals surface area contributed by atoms with Gasteiger partial charge in [0.1, 0.15) is 5.75 Å². The number of ether oxygens (including phenoxy) is 2. The Kier molecular flexibility index (Phi) is 5.66. The van der Waals surface area contributed by atoms with Crippen LogP contribution < -0.4 is 10.5 Å². The summed E-state index contributed by atoms with van der Waals surface area (Å²) in [5.74, 6) is 0.171. The molecule has 1 rings (SSSR count). The summed E-state index contributed by atoms with van der Waals surface area (Å²) in [6.45, 7) is 3.60. The predicted octanol–water partition coefficient (Wildman–Crippen LogP) is 1.58. The number of anilines is 1. The molecule has 19 heavy (non-hydrogen) atoms. The molecule has 1 aromatic rings. The fraction of sp³-hybridized carbons (Fsp3) is 0.385. The van der Waals surface area contributed by atoms with Crippen molar-refractivity contribution in [2.75, 3.05) is 19.5 Å². The SMILES string of the molecule is CCOC(=O)C(C)O/N=C/c1cc(N)cc(OC)c1. The number of oxime groups is 1. The van der Waals surface area contributed by atoms with Crippen LogP contribution in [0.4, 0.5) is 5.69 Å². The maximum absolute atomic E-state index is 11.3. The van der Waals surface area contributed by atoms with E-state index >= 15 is 0 Å². The topological polar surface area (TPSA) is 83.1 Å². The molecule has 104 valence electrons. The van der Waals surface area contributed by atoms with Crippen LogP contribution in [0.3, 0.4) is 0 Å². The quantitative estimate of drug-likeness (QED) is 0.366. The van der Waals surface area contributed by atoms with E-state index in [-0.39, 0.29) is 0 Å². The van der Waals surface area contributed by atoms with Crippen molar-refractivity contribution in [3.8, 4) is 5.75 Å². The van der Waals surface area contributed by atoms with Crippen LogP contribution in [0.1, 0.15) is 19.4 Å². The molecule has 0 radical (unpaired) electrons. The number of esters is 1. The van der Waals surface area contributed by atoms with Crippen molar-refractivity contribution in [2.24, 2.45) is 5.16 Å². The average molecular weight is 266 g/mol. The molecule has 2 N–H and O–H groups in total. The lowest BCUT2D eigenvalue weighted by atomic mass is 10.2. The zero-order chi connectivity index (χ0) is 14.3. The number of carbonyl (C=O) groups excluding carboxylic acids is 1. The van der Waals surface area contributed by atoms with Crippen LogP contribution in [0.2, 0.25) is 0 Å². The predicted molar refractivity (Wildman–Crippen MR) is 72.2 cm³/mol. The van der Waals surface area contributed by atoms with Gasteiger partial charge in [-0.15, -0.1) is 0 Å². The van der Waals surface area contributed by atoms with Crippen LogP contribution in [0.5, 0.6) is 5.75 Å². The molecule has 1 aromatic carbocycles. The number of methoxy groups -OCH3 is 1. The van der Waals surface area contributed by atoms with Crippen molar-refractivity contribution in [3.63, 3.8) is 0 Å². The van der Waals surface area contributed by atoms with Gasteiger partial charge < -0.3 is 20.0 Å². The minimum absolute atomic E-state index is 0.308. The van der Waals surface area contributed by atoms with E-state index in [0.29, 0.717) is 23.6 Å². The first-order chi connectivity index (χ1) is 9.06. The van der Waals surface area contributed by atoms with Gasteiger partial charge in [0.05, 0.1) is 19.9 Å². The van der Waals surface area contributed by atoms with E-state index in [1.807, 2.05) is 0 Å². The van der Waals surface area contributed by atoms with Crippen molar-refractivity contribution >= 4 is 17.9 Å². The molecule has 0 aliphatic carbocycles. The number of hydrogen-bond acceptors (Lipinski definition) is 6. The molecule has 0 heterocycles. The van der Waals surface area contributed by atoms with Gasteiger partial charge in [-0.2, -0.15) is 0 Å². The number of nitrogens with two attached hydrogens (primary N) is 1.